The number of phenolic OH excluding ortho intramolecular Hbond substituents is 1. The number of aromatic hydroxyl groups is 1. The molecule has 0 aromatic heterocycles. The van der Waals surface area contributed by atoms with Crippen LogP contribution >= 0.6 is 27.7 Å². The number of phenols is 1. The van der Waals surface area contributed by atoms with Crippen molar-refractivity contribution in [3.05, 3.63) is 99.4 Å². The Balaban J connectivity index is 1.72. The number of halogens is 1. The number of hydrogen-bond acceptors (Lipinski definition) is 4. The summed E-state index contributed by atoms with van der Waals surface area (Å²) < 4.78 is 0.830. The first-order valence-corrected chi connectivity index (χ1v) is 10.6. The molecule has 29 heavy (non-hydrogen) atoms. The van der Waals surface area contributed by atoms with Crippen LogP contribution in [0.5, 0.6) is 5.75 Å². The third-order valence-corrected chi connectivity index (χ3v) is 5.83. The number of carbonyl (C=O) groups is 1. The molecule has 3 aromatic carbocycles. The first-order chi connectivity index (χ1) is 14.1. The Morgan fingerprint density at radius 3 is 2.41 bits per heavy atom. The minimum atomic E-state index is -0.132. The van der Waals surface area contributed by atoms with E-state index < -0.39 is 0 Å². The number of hydrogen-bond donors (Lipinski definition) is 1. The van der Waals surface area contributed by atoms with Gasteiger partial charge in [0, 0.05) is 10.0 Å². The number of aliphatic imine (C=N–C) groups is 1. The van der Waals surface area contributed by atoms with E-state index in [1.807, 2.05) is 60.7 Å². The van der Waals surface area contributed by atoms with Crippen molar-refractivity contribution in [1.29, 1.82) is 0 Å². The highest BCUT2D eigenvalue weighted by Gasteiger charge is 2.33. The van der Waals surface area contributed by atoms with Crippen LogP contribution in [0.15, 0.2) is 93.2 Å². The summed E-state index contributed by atoms with van der Waals surface area (Å²) in [5, 5.41) is 10.8. The summed E-state index contributed by atoms with van der Waals surface area (Å²) in [5.41, 5.74) is 2.39. The highest BCUT2D eigenvalue weighted by Crippen LogP contribution is 2.36. The van der Waals surface area contributed by atoms with Crippen molar-refractivity contribution in [1.82, 2.24) is 4.90 Å². The molecule has 0 radical (unpaired) electrons. The van der Waals surface area contributed by atoms with Crippen molar-refractivity contribution in [3.8, 4) is 5.75 Å². The van der Waals surface area contributed by atoms with Crippen molar-refractivity contribution in [3.63, 3.8) is 0 Å². The topological polar surface area (TPSA) is 52.9 Å². The van der Waals surface area contributed by atoms with E-state index in [4.69, 9.17) is 4.99 Å². The average molecular weight is 465 g/mol. The van der Waals surface area contributed by atoms with Crippen LogP contribution in [0, 0.1) is 0 Å². The number of amides is 1. The highest BCUT2D eigenvalue weighted by molar-refractivity contribution is 9.10. The van der Waals surface area contributed by atoms with Gasteiger partial charge in [-0.2, -0.15) is 0 Å². The fraction of sp³-hybridized carbons (Fsp3) is 0.0435. The Morgan fingerprint density at radius 1 is 1.00 bits per heavy atom. The zero-order valence-electron chi connectivity index (χ0n) is 15.3. The van der Waals surface area contributed by atoms with Crippen LogP contribution in [0.25, 0.3) is 6.08 Å². The monoisotopic (exact) mass is 464 g/mol. The first kappa shape index (κ1) is 19.5. The number of para-hydroxylation sites is 1. The Morgan fingerprint density at radius 2 is 1.69 bits per heavy atom. The maximum atomic E-state index is 13.2. The van der Waals surface area contributed by atoms with Crippen LogP contribution < -0.4 is 0 Å². The Bertz CT molecular complexity index is 1100. The van der Waals surface area contributed by atoms with E-state index in [0.717, 1.165) is 15.7 Å². The smallest absolute Gasteiger partial charge is 0.267 e. The summed E-state index contributed by atoms with van der Waals surface area (Å²) in [6.45, 7) is 0.431. The summed E-state index contributed by atoms with van der Waals surface area (Å²) in [6.07, 6.45) is 1.71. The molecule has 1 saturated heterocycles. The summed E-state index contributed by atoms with van der Waals surface area (Å²) in [4.78, 5) is 20.1. The summed E-state index contributed by atoms with van der Waals surface area (Å²) in [7, 11) is 0. The predicted molar refractivity (Wildman–Crippen MR) is 122 cm³/mol. The lowest BCUT2D eigenvalue weighted by atomic mass is 10.2. The molecule has 0 aliphatic carbocycles. The van der Waals surface area contributed by atoms with E-state index in [2.05, 4.69) is 15.9 Å². The zero-order valence-corrected chi connectivity index (χ0v) is 17.7. The first-order valence-electron chi connectivity index (χ1n) is 8.98. The molecule has 0 spiro atoms. The van der Waals surface area contributed by atoms with Gasteiger partial charge in [0.1, 0.15) is 5.75 Å². The molecule has 0 saturated carbocycles. The minimum Gasteiger partial charge on any atom is -0.507 e. The SMILES string of the molecule is O=C1/C(=C\c2cc(Br)ccc2O)SC(=Nc2ccccc2)N1Cc1ccccc1. The molecule has 1 N–H and O–H groups in total. The van der Waals surface area contributed by atoms with E-state index in [1.165, 1.54) is 11.8 Å². The van der Waals surface area contributed by atoms with Gasteiger partial charge in [0.15, 0.2) is 5.17 Å². The van der Waals surface area contributed by atoms with Gasteiger partial charge in [-0.1, -0.05) is 64.5 Å². The third kappa shape index (κ3) is 4.60. The average Bonchev–Trinajstić information content (AvgIpc) is 3.01. The number of thioether (sulfide) groups is 1. The second kappa shape index (κ2) is 8.68. The van der Waals surface area contributed by atoms with E-state index in [9.17, 15) is 9.90 Å². The van der Waals surface area contributed by atoms with Crippen LogP contribution in [0.3, 0.4) is 0 Å². The number of nitrogens with zero attached hydrogens (tertiary/aromatic N) is 2. The lowest BCUT2D eigenvalue weighted by molar-refractivity contribution is -0.122. The van der Waals surface area contributed by atoms with Crippen molar-refractivity contribution in [2.75, 3.05) is 0 Å². The molecule has 1 aliphatic rings. The molecule has 1 amide bonds. The van der Waals surface area contributed by atoms with Crippen LogP contribution in [0.4, 0.5) is 5.69 Å². The van der Waals surface area contributed by atoms with E-state index >= 15 is 0 Å². The molecule has 0 atom stereocenters. The Labute approximate surface area is 181 Å². The normalized spacial score (nSPS) is 16.7. The fourth-order valence-corrected chi connectivity index (χ4v) is 4.26. The van der Waals surface area contributed by atoms with Gasteiger partial charge in [0.05, 0.1) is 17.1 Å². The summed E-state index contributed by atoms with van der Waals surface area (Å²) in [5.74, 6) is -0.00920. The Kier molecular flexibility index (Phi) is 5.83. The van der Waals surface area contributed by atoms with Crippen LogP contribution in [-0.2, 0) is 11.3 Å². The lowest BCUT2D eigenvalue weighted by Crippen LogP contribution is -2.28. The van der Waals surface area contributed by atoms with Crippen molar-refractivity contribution in [2.24, 2.45) is 4.99 Å². The van der Waals surface area contributed by atoms with Gasteiger partial charge in [-0.05, 0) is 53.7 Å². The molecule has 4 nitrogen and oxygen atoms in total. The van der Waals surface area contributed by atoms with Crippen molar-refractivity contribution >= 4 is 50.5 Å². The summed E-state index contributed by atoms with van der Waals surface area (Å²) >= 11 is 4.72. The minimum absolute atomic E-state index is 0.122. The number of carbonyl (C=O) groups excluding carboxylic acids is 1. The number of rotatable bonds is 4. The van der Waals surface area contributed by atoms with Crippen molar-refractivity contribution in [2.45, 2.75) is 6.54 Å². The quantitative estimate of drug-likeness (QED) is 0.484. The molecule has 0 bridgehead atoms. The molecule has 0 unspecified atom stereocenters. The number of benzene rings is 3. The second-order valence-electron chi connectivity index (χ2n) is 6.42. The van der Waals surface area contributed by atoms with Gasteiger partial charge in [-0.3, -0.25) is 9.69 Å². The predicted octanol–water partition coefficient (Wildman–Crippen LogP) is 5.96. The van der Waals surface area contributed by atoms with Crippen LogP contribution in [-0.4, -0.2) is 21.1 Å². The lowest BCUT2D eigenvalue weighted by Gasteiger charge is -2.15. The maximum absolute atomic E-state index is 13.2. The molecular weight excluding hydrogens is 448 g/mol. The largest absolute Gasteiger partial charge is 0.507 e. The maximum Gasteiger partial charge on any atom is 0.267 e. The van der Waals surface area contributed by atoms with Gasteiger partial charge < -0.3 is 5.11 Å². The molecule has 144 valence electrons. The summed E-state index contributed by atoms with van der Waals surface area (Å²) in [6, 6.07) is 24.5. The molecule has 3 aromatic rings. The molecule has 1 aliphatic heterocycles. The standard InChI is InChI=1S/C23H17BrN2O2S/c24-18-11-12-20(27)17(13-18)14-21-22(28)26(15-16-7-3-1-4-8-16)23(29-21)25-19-9-5-2-6-10-19/h1-14,27H,15H2/b21-14+,25-23?. The van der Waals surface area contributed by atoms with E-state index in [1.54, 1.807) is 29.2 Å². The molecule has 1 heterocycles. The molecule has 1 fully saturated rings. The number of amidine groups is 1. The van der Waals surface area contributed by atoms with Gasteiger partial charge >= 0.3 is 0 Å². The van der Waals surface area contributed by atoms with Gasteiger partial charge in [-0.25, -0.2) is 4.99 Å². The van der Waals surface area contributed by atoms with E-state index in [0.29, 0.717) is 22.2 Å². The van der Waals surface area contributed by atoms with Crippen LogP contribution in [0.2, 0.25) is 0 Å². The highest BCUT2D eigenvalue weighted by atomic mass is 79.9. The molecule has 6 heteroatoms. The Hall–Kier alpha value is -2.83. The zero-order chi connectivity index (χ0) is 20.2. The second-order valence-corrected chi connectivity index (χ2v) is 8.35. The van der Waals surface area contributed by atoms with E-state index in [-0.39, 0.29) is 11.7 Å². The van der Waals surface area contributed by atoms with Crippen molar-refractivity contribution < 1.29 is 9.90 Å². The molecule has 4 rings (SSSR count). The molecular formula is C23H17BrN2O2S. The fourth-order valence-electron chi connectivity index (χ4n) is 2.89. The van der Waals surface area contributed by atoms with Crippen LogP contribution in [0.1, 0.15) is 11.1 Å². The van der Waals surface area contributed by atoms with Gasteiger partial charge in [-0.15, -0.1) is 0 Å². The van der Waals surface area contributed by atoms with Gasteiger partial charge in [0.25, 0.3) is 5.91 Å². The third-order valence-electron chi connectivity index (χ3n) is 4.33. The van der Waals surface area contributed by atoms with Gasteiger partial charge in [0.2, 0.25) is 0 Å².